The predicted molar refractivity (Wildman–Crippen MR) is 140 cm³/mol. The molecule has 0 bridgehead atoms. The van der Waals surface area contributed by atoms with Crippen LogP contribution in [0.4, 0.5) is 5.69 Å². The third-order valence-corrected chi connectivity index (χ3v) is 8.03. The number of aliphatic carboxylic acids is 1. The highest BCUT2D eigenvalue weighted by atomic mass is 32.2. The number of benzene rings is 3. The first-order chi connectivity index (χ1) is 16.0. The van der Waals surface area contributed by atoms with Crippen molar-refractivity contribution in [1.29, 1.82) is 0 Å². The van der Waals surface area contributed by atoms with E-state index >= 15 is 0 Å². The van der Waals surface area contributed by atoms with Crippen LogP contribution in [0.15, 0.2) is 53.4 Å². The van der Waals surface area contributed by atoms with Gasteiger partial charge in [0.1, 0.15) is 0 Å². The van der Waals surface area contributed by atoms with Crippen molar-refractivity contribution in [2.24, 2.45) is 0 Å². The summed E-state index contributed by atoms with van der Waals surface area (Å²) < 4.78 is 30.1. The summed E-state index contributed by atoms with van der Waals surface area (Å²) in [6.45, 7) is 9.57. The lowest BCUT2D eigenvalue weighted by atomic mass is 9.95. The zero-order valence-corrected chi connectivity index (χ0v) is 21.3. The zero-order chi connectivity index (χ0) is 25.0. The molecule has 0 aliphatic rings. The number of allylic oxidation sites excluding steroid dienone is 1. The summed E-state index contributed by atoms with van der Waals surface area (Å²) in [7, 11) is -3.88. The van der Waals surface area contributed by atoms with Gasteiger partial charge in [-0.3, -0.25) is 4.72 Å². The highest BCUT2D eigenvalue weighted by molar-refractivity contribution is 7.92. The van der Waals surface area contributed by atoms with Gasteiger partial charge in [0, 0.05) is 11.5 Å². The van der Waals surface area contributed by atoms with Crippen molar-refractivity contribution in [3.8, 4) is 0 Å². The maximum atomic E-state index is 13.6. The Morgan fingerprint density at radius 1 is 0.971 bits per heavy atom. The summed E-state index contributed by atoms with van der Waals surface area (Å²) in [6, 6.07) is 13.2. The number of carboxylic acids is 1. The second-order valence-electron chi connectivity index (χ2n) is 8.90. The first kappa shape index (κ1) is 25.5. The third kappa shape index (κ3) is 5.50. The summed E-state index contributed by atoms with van der Waals surface area (Å²) in [5.41, 5.74) is 5.13. The Balaban J connectivity index is 2.17. The van der Waals surface area contributed by atoms with E-state index < -0.39 is 16.0 Å². The van der Waals surface area contributed by atoms with Gasteiger partial charge in [0.15, 0.2) is 0 Å². The summed E-state index contributed by atoms with van der Waals surface area (Å²) in [6.07, 6.45) is 4.73. The maximum Gasteiger partial charge on any atom is 0.328 e. The lowest BCUT2D eigenvalue weighted by molar-refractivity contribution is -0.131. The van der Waals surface area contributed by atoms with Gasteiger partial charge in [0.25, 0.3) is 10.0 Å². The molecule has 3 aromatic carbocycles. The Hall–Kier alpha value is -3.12. The van der Waals surface area contributed by atoms with Crippen LogP contribution < -0.4 is 4.72 Å². The molecular formula is C28H33NO4S. The molecule has 0 heterocycles. The molecular weight excluding hydrogens is 446 g/mol. The Kier molecular flexibility index (Phi) is 7.82. The molecule has 0 aromatic heterocycles. The number of sulfonamides is 1. The van der Waals surface area contributed by atoms with Crippen LogP contribution in [0.1, 0.15) is 60.4 Å². The lowest BCUT2D eigenvalue weighted by Crippen LogP contribution is -2.17. The van der Waals surface area contributed by atoms with Gasteiger partial charge in [0.05, 0.1) is 10.6 Å². The Bertz CT molecular complexity index is 1340. The topological polar surface area (TPSA) is 83.5 Å². The molecule has 0 aliphatic carbocycles. The van der Waals surface area contributed by atoms with Crippen LogP contribution in [-0.4, -0.2) is 19.5 Å². The highest BCUT2D eigenvalue weighted by Gasteiger charge is 2.23. The molecule has 3 rings (SSSR count). The molecule has 0 saturated carbocycles. The van der Waals surface area contributed by atoms with Crippen LogP contribution in [0.5, 0.6) is 0 Å². The van der Waals surface area contributed by atoms with Crippen molar-refractivity contribution in [2.45, 2.75) is 65.2 Å². The van der Waals surface area contributed by atoms with Crippen molar-refractivity contribution in [2.75, 3.05) is 4.72 Å². The zero-order valence-electron chi connectivity index (χ0n) is 20.5. The Labute approximate surface area is 202 Å². The van der Waals surface area contributed by atoms with E-state index in [0.717, 1.165) is 52.3 Å². The van der Waals surface area contributed by atoms with Crippen molar-refractivity contribution < 1.29 is 18.3 Å². The summed E-state index contributed by atoms with van der Waals surface area (Å²) in [5, 5.41) is 11.1. The number of nitrogens with one attached hydrogen (secondary N) is 1. The minimum Gasteiger partial charge on any atom is -0.478 e. The average molecular weight is 480 g/mol. The minimum atomic E-state index is -3.88. The number of rotatable bonds is 9. The van der Waals surface area contributed by atoms with E-state index in [1.807, 2.05) is 64.1 Å². The largest absolute Gasteiger partial charge is 0.478 e. The van der Waals surface area contributed by atoms with Crippen LogP contribution in [0, 0.1) is 27.7 Å². The van der Waals surface area contributed by atoms with Gasteiger partial charge in [-0.25, -0.2) is 13.2 Å². The monoisotopic (exact) mass is 479 g/mol. The standard InChI is InChI=1S/C28H33NO4S/c1-6-7-8-11-22(17-27(30)31)24-15-23-12-9-10-13-25(23)26(16-24)29-34(32,33)28-20(4)18(2)14-19(3)21(28)5/h9-10,12-17,29H,6-8,11H2,1-5H3,(H,30,31)/b22-17+. The highest BCUT2D eigenvalue weighted by Crippen LogP contribution is 2.34. The average Bonchev–Trinajstić information content (AvgIpc) is 2.76. The predicted octanol–water partition coefficient (Wildman–Crippen LogP) is 6.92. The van der Waals surface area contributed by atoms with Gasteiger partial charge in [-0.1, -0.05) is 50.1 Å². The molecule has 0 amide bonds. The summed E-state index contributed by atoms with van der Waals surface area (Å²) in [4.78, 5) is 11.8. The van der Waals surface area contributed by atoms with E-state index in [2.05, 4.69) is 11.6 Å². The fourth-order valence-electron chi connectivity index (χ4n) is 4.37. The summed E-state index contributed by atoms with van der Waals surface area (Å²) >= 11 is 0. The molecule has 34 heavy (non-hydrogen) atoms. The number of anilines is 1. The van der Waals surface area contributed by atoms with Gasteiger partial charge in [-0.05, 0) is 91.4 Å². The van der Waals surface area contributed by atoms with Crippen molar-refractivity contribution in [3.63, 3.8) is 0 Å². The molecule has 5 nitrogen and oxygen atoms in total. The third-order valence-electron chi connectivity index (χ3n) is 6.39. The van der Waals surface area contributed by atoms with E-state index in [1.165, 1.54) is 6.08 Å². The quantitative estimate of drug-likeness (QED) is 0.258. The molecule has 0 unspecified atom stereocenters. The Morgan fingerprint density at radius 3 is 2.24 bits per heavy atom. The number of aryl methyl sites for hydroxylation is 2. The van der Waals surface area contributed by atoms with E-state index in [4.69, 9.17) is 0 Å². The van der Waals surface area contributed by atoms with Gasteiger partial charge in [0.2, 0.25) is 0 Å². The van der Waals surface area contributed by atoms with Crippen LogP contribution >= 0.6 is 0 Å². The van der Waals surface area contributed by atoms with Crippen molar-refractivity contribution >= 4 is 38.0 Å². The SMILES string of the molecule is CCCCC/C(=C\C(=O)O)c1cc(NS(=O)(=O)c2c(C)c(C)cc(C)c2C)c2ccccc2c1. The fraction of sp³-hybridized carbons (Fsp3) is 0.321. The molecule has 0 aliphatic heterocycles. The summed E-state index contributed by atoms with van der Waals surface area (Å²) in [5.74, 6) is -1.01. The smallest absolute Gasteiger partial charge is 0.328 e. The first-order valence-corrected chi connectivity index (χ1v) is 13.1. The lowest BCUT2D eigenvalue weighted by Gasteiger charge is -2.19. The van der Waals surface area contributed by atoms with Crippen LogP contribution in [0.2, 0.25) is 0 Å². The van der Waals surface area contributed by atoms with Gasteiger partial charge < -0.3 is 5.11 Å². The number of hydrogen-bond acceptors (Lipinski definition) is 3. The first-order valence-electron chi connectivity index (χ1n) is 11.6. The van der Waals surface area contributed by atoms with Gasteiger partial charge in [-0.2, -0.15) is 0 Å². The van der Waals surface area contributed by atoms with E-state index in [9.17, 15) is 18.3 Å². The van der Waals surface area contributed by atoms with Gasteiger partial charge >= 0.3 is 5.97 Å². The molecule has 0 spiro atoms. The van der Waals surface area contributed by atoms with E-state index in [0.29, 0.717) is 28.1 Å². The van der Waals surface area contributed by atoms with Crippen LogP contribution in [0.3, 0.4) is 0 Å². The van der Waals surface area contributed by atoms with Crippen molar-refractivity contribution in [3.05, 3.63) is 76.4 Å². The molecule has 180 valence electrons. The second-order valence-corrected chi connectivity index (χ2v) is 10.5. The molecule has 3 aromatic rings. The normalized spacial score (nSPS) is 12.2. The molecule has 6 heteroatoms. The molecule has 0 atom stereocenters. The maximum absolute atomic E-state index is 13.6. The van der Waals surface area contributed by atoms with Crippen molar-refractivity contribution in [1.82, 2.24) is 0 Å². The molecule has 2 N–H and O–H groups in total. The minimum absolute atomic E-state index is 0.295. The fourth-order valence-corrected chi connectivity index (χ4v) is 6.06. The molecule has 0 radical (unpaired) electrons. The number of carboxylic acid groups (broad SMARTS) is 1. The van der Waals surface area contributed by atoms with Crippen LogP contribution in [0.25, 0.3) is 16.3 Å². The van der Waals surface area contributed by atoms with E-state index in [1.54, 1.807) is 6.07 Å². The number of carbonyl (C=O) groups is 1. The number of unbranched alkanes of at least 4 members (excludes halogenated alkanes) is 2. The van der Waals surface area contributed by atoms with Crippen LogP contribution in [-0.2, 0) is 14.8 Å². The molecule has 0 saturated heterocycles. The Morgan fingerprint density at radius 2 is 1.62 bits per heavy atom. The van der Waals surface area contributed by atoms with E-state index in [-0.39, 0.29) is 0 Å². The second kappa shape index (κ2) is 10.4. The molecule has 0 fully saturated rings. The van der Waals surface area contributed by atoms with Gasteiger partial charge in [-0.15, -0.1) is 0 Å². The number of hydrogen-bond donors (Lipinski definition) is 2. The number of fused-ring (bicyclic) bond motifs is 1.